The lowest BCUT2D eigenvalue weighted by atomic mass is 10.1. The number of carbonyl (C=O) groups excluding carboxylic acids is 1. The van der Waals surface area contributed by atoms with Crippen molar-refractivity contribution in [2.75, 3.05) is 13.7 Å². The number of hydrogen-bond donors (Lipinski definition) is 0. The number of Topliss-reactive ketones (excluding diaryl/α,β-unsaturated/α-hetero) is 1. The number of ketones is 1. The van der Waals surface area contributed by atoms with Crippen molar-refractivity contribution in [1.29, 1.82) is 0 Å². The summed E-state index contributed by atoms with van der Waals surface area (Å²) >= 11 is 0. The molecule has 2 aromatic carbocycles. The quantitative estimate of drug-likeness (QED) is 0.609. The first-order chi connectivity index (χ1) is 11.6. The van der Waals surface area contributed by atoms with E-state index in [1.807, 2.05) is 31.2 Å². The summed E-state index contributed by atoms with van der Waals surface area (Å²) in [5, 5.41) is 0. The van der Waals surface area contributed by atoms with E-state index in [0.717, 1.165) is 16.9 Å². The highest BCUT2D eigenvalue weighted by atomic mass is 16.5. The molecule has 0 unspecified atom stereocenters. The lowest BCUT2D eigenvalue weighted by Crippen LogP contribution is -1.98. The number of carbonyl (C=O) groups is 1. The van der Waals surface area contributed by atoms with Gasteiger partial charge in [0.15, 0.2) is 5.76 Å². The molecule has 24 heavy (non-hydrogen) atoms. The minimum Gasteiger partial charge on any atom is -0.497 e. The van der Waals surface area contributed by atoms with E-state index in [1.165, 1.54) is 0 Å². The topological polar surface area (TPSA) is 44.8 Å². The Morgan fingerprint density at radius 1 is 1.21 bits per heavy atom. The van der Waals surface area contributed by atoms with Crippen LogP contribution in [0.3, 0.4) is 0 Å². The van der Waals surface area contributed by atoms with Crippen molar-refractivity contribution >= 4 is 11.9 Å². The van der Waals surface area contributed by atoms with Gasteiger partial charge in [0, 0.05) is 6.07 Å². The van der Waals surface area contributed by atoms with Gasteiger partial charge in [0.25, 0.3) is 0 Å². The highest BCUT2D eigenvalue weighted by Crippen LogP contribution is 2.35. The minimum absolute atomic E-state index is 0.140. The van der Waals surface area contributed by atoms with Crippen molar-refractivity contribution in [2.24, 2.45) is 0 Å². The van der Waals surface area contributed by atoms with Crippen LogP contribution in [0, 0.1) is 0 Å². The molecule has 4 heteroatoms. The smallest absolute Gasteiger partial charge is 0.231 e. The van der Waals surface area contributed by atoms with Gasteiger partial charge in [0.05, 0.1) is 12.7 Å². The summed E-state index contributed by atoms with van der Waals surface area (Å²) in [6.07, 6.45) is 1.71. The molecule has 0 aliphatic carbocycles. The molecule has 0 bridgehead atoms. The van der Waals surface area contributed by atoms with Crippen molar-refractivity contribution in [3.05, 3.63) is 71.5 Å². The van der Waals surface area contributed by atoms with Crippen LogP contribution in [-0.4, -0.2) is 19.5 Å². The molecule has 122 valence electrons. The fourth-order valence-corrected chi connectivity index (χ4v) is 2.35. The van der Waals surface area contributed by atoms with Crippen LogP contribution in [0.2, 0.25) is 0 Å². The first-order valence-electron chi connectivity index (χ1n) is 7.56. The van der Waals surface area contributed by atoms with Gasteiger partial charge in [-0.3, -0.25) is 4.79 Å². The minimum atomic E-state index is -0.140. The van der Waals surface area contributed by atoms with Gasteiger partial charge in [-0.15, -0.1) is 0 Å². The summed E-state index contributed by atoms with van der Waals surface area (Å²) in [4.78, 5) is 12.5. The number of fused-ring (bicyclic) bond motifs is 1. The van der Waals surface area contributed by atoms with Crippen molar-refractivity contribution in [3.63, 3.8) is 0 Å². The fourth-order valence-electron chi connectivity index (χ4n) is 2.35. The van der Waals surface area contributed by atoms with Crippen molar-refractivity contribution in [2.45, 2.75) is 6.92 Å². The largest absolute Gasteiger partial charge is 0.497 e. The summed E-state index contributed by atoms with van der Waals surface area (Å²) in [5.41, 5.74) is 2.29. The predicted octanol–water partition coefficient (Wildman–Crippen LogP) is 4.27. The van der Waals surface area contributed by atoms with Gasteiger partial charge in [-0.2, -0.15) is 0 Å². The number of benzene rings is 2. The molecule has 0 saturated heterocycles. The molecular formula is C20H18O4. The summed E-state index contributed by atoms with van der Waals surface area (Å²) in [6, 6.07) is 12.6. The standard InChI is InChI=1S/C20H18O4/c1-13(2)12-23-16-7-8-17-18(11-16)24-19(20(17)21)10-14-5-4-6-15(9-14)22-3/h4-11H,1,12H2,2-3H3/b19-10-. The normalized spacial score (nSPS) is 14.2. The zero-order chi connectivity index (χ0) is 17.1. The Labute approximate surface area is 141 Å². The van der Waals surface area contributed by atoms with Gasteiger partial charge in [-0.25, -0.2) is 0 Å². The lowest BCUT2D eigenvalue weighted by Gasteiger charge is -2.06. The Hall–Kier alpha value is -3.01. The third-order valence-corrected chi connectivity index (χ3v) is 3.52. The number of ether oxygens (including phenoxy) is 3. The Morgan fingerprint density at radius 3 is 2.79 bits per heavy atom. The fraction of sp³-hybridized carbons (Fsp3) is 0.150. The van der Waals surface area contributed by atoms with Crippen LogP contribution in [-0.2, 0) is 0 Å². The Balaban J connectivity index is 1.84. The number of allylic oxidation sites excluding steroid dienone is 1. The maximum Gasteiger partial charge on any atom is 0.231 e. The van der Waals surface area contributed by atoms with Crippen LogP contribution in [0.25, 0.3) is 6.08 Å². The summed E-state index contributed by atoms with van der Waals surface area (Å²) in [7, 11) is 1.60. The molecule has 0 spiro atoms. The van der Waals surface area contributed by atoms with Crippen molar-refractivity contribution in [3.8, 4) is 17.2 Å². The van der Waals surface area contributed by atoms with Gasteiger partial charge in [0.1, 0.15) is 23.9 Å². The maximum atomic E-state index is 12.5. The third kappa shape index (κ3) is 3.33. The molecule has 0 fully saturated rings. The van der Waals surface area contributed by atoms with Gasteiger partial charge in [0.2, 0.25) is 5.78 Å². The second-order valence-corrected chi connectivity index (χ2v) is 5.62. The summed E-state index contributed by atoms with van der Waals surface area (Å²) < 4.78 is 16.5. The molecule has 4 nitrogen and oxygen atoms in total. The van der Waals surface area contributed by atoms with E-state index in [4.69, 9.17) is 14.2 Å². The van der Waals surface area contributed by atoms with E-state index in [0.29, 0.717) is 23.7 Å². The number of hydrogen-bond acceptors (Lipinski definition) is 4. The first kappa shape index (κ1) is 15.9. The first-order valence-corrected chi connectivity index (χ1v) is 7.56. The highest BCUT2D eigenvalue weighted by molar-refractivity contribution is 6.14. The van der Waals surface area contributed by atoms with Gasteiger partial charge in [-0.1, -0.05) is 18.7 Å². The van der Waals surface area contributed by atoms with Crippen LogP contribution in [0.1, 0.15) is 22.8 Å². The van der Waals surface area contributed by atoms with Crippen LogP contribution < -0.4 is 14.2 Å². The number of rotatable bonds is 5. The zero-order valence-corrected chi connectivity index (χ0v) is 13.7. The molecule has 0 atom stereocenters. The van der Waals surface area contributed by atoms with Crippen LogP contribution in [0.15, 0.2) is 60.4 Å². The Morgan fingerprint density at radius 2 is 2.04 bits per heavy atom. The van der Waals surface area contributed by atoms with Crippen LogP contribution in [0.5, 0.6) is 17.2 Å². The van der Waals surface area contributed by atoms with Gasteiger partial charge in [-0.05, 0) is 48.4 Å². The van der Waals surface area contributed by atoms with E-state index in [2.05, 4.69) is 6.58 Å². The molecule has 0 amide bonds. The second-order valence-electron chi connectivity index (χ2n) is 5.62. The molecule has 1 heterocycles. The predicted molar refractivity (Wildman–Crippen MR) is 92.7 cm³/mol. The Bertz CT molecular complexity index is 833. The molecular weight excluding hydrogens is 304 g/mol. The Kier molecular flexibility index (Phi) is 4.38. The maximum absolute atomic E-state index is 12.5. The summed E-state index contributed by atoms with van der Waals surface area (Å²) in [6.45, 7) is 6.12. The third-order valence-electron chi connectivity index (χ3n) is 3.52. The van der Waals surface area contributed by atoms with E-state index in [9.17, 15) is 4.79 Å². The van der Waals surface area contributed by atoms with E-state index in [-0.39, 0.29) is 11.5 Å². The molecule has 3 rings (SSSR count). The molecule has 0 radical (unpaired) electrons. The lowest BCUT2D eigenvalue weighted by molar-refractivity contribution is 0.101. The molecule has 1 aliphatic rings. The molecule has 0 aromatic heterocycles. The van der Waals surface area contributed by atoms with E-state index >= 15 is 0 Å². The number of methoxy groups -OCH3 is 1. The average Bonchev–Trinajstić information content (AvgIpc) is 2.88. The molecule has 0 saturated carbocycles. The van der Waals surface area contributed by atoms with Gasteiger partial charge < -0.3 is 14.2 Å². The molecule has 1 aliphatic heterocycles. The molecule has 0 N–H and O–H groups in total. The van der Waals surface area contributed by atoms with Crippen LogP contribution in [0.4, 0.5) is 0 Å². The SMILES string of the molecule is C=C(C)COc1ccc2c(c1)O/C(=C\c1cccc(OC)c1)C2=O. The average molecular weight is 322 g/mol. The second kappa shape index (κ2) is 6.62. The van der Waals surface area contributed by atoms with Crippen LogP contribution >= 0.6 is 0 Å². The van der Waals surface area contributed by atoms with E-state index < -0.39 is 0 Å². The molecule has 2 aromatic rings. The van der Waals surface area contributed by atoms with Crippen molar-refractivity contribution < 1.29 is 19.0 Å². The zero-order valence-electron chi connectivity index (χ0n) is 13.7. The highest BCUT2D eigenvalue weighted by Gasteiger charge is 2.27. The van der Waals surface area contributed by atoms with E-state index in [1.54, 1.807) is 31.4 Å². The van der Waals surface area contributed by atoms with Crippen molar-refractivity contribution in [1.82, 2.24) is 0 Å². The monoisotopic (exact) mass is 322 g/mol. The summed E-state index contributed by atoms with van der Waals surface area (Å²) in [5.74, 6) is 2.03. The van der Waals surface area contributed by atoms with Gasteiger partial charge >= 0.3 is 0 Å².